The van der Waals surface area contributed by atoms with Crippen molar-refractivity contribution in [3.05, 3.63) is 24.3 Å². The number of hydrogen-bond acceptors (Lipinski definition) is 3. The predicted octanol–water partition coefficient (Wildman–Crippen LogP) is 3.38. The van der Waals surface area contributed by atoms with E-state index in [0.29, 0.717) is 18.0 Å². The fourth-order valence-corrected chi connectivity index (χ4v) is 4.55. The lowest BCUT2D eigenvalue weighted by atomic mass is 9.86. The Morgan fingerprint density at radius 2 is 1.90 bits per heavy atom. The van der Waals surface area contributed by atoms with Gasteiger partial charge in [0.25, 0.3) is 9.05 Å². The minimum absolute atomic E-state index is 0.00836. The van der Waals surface area contributed by atoms with Gasteiger partial charge >= 0.3 is 0 Å². The molecule has 0 heterocycles. The Morgan fingerprint density at radius 1 is 1.19 bits per heavy atom. The minimum Gasteiger partial charge on any atom is -0.326 e. The summed E-state index contributed by atoms with van der Waals surface area (Å²) in [6, 6.07) is 5.92. The molecule has 1 aromatic carbocycles. The summed E-state index contributed by atoms with van der Waals surface area (Å²) in [6.07, 6.45) is 5.64. The number of rotatable bonds is 4. The molecule has 2 aliphatic carbocycles. The van der Waals surface area contributed by atoms with Gasteiger partial charge in [-0.25, -0.2) is 8.42 Å². The van der Waals surface area contributed by atoms with Crippen LogP contribution in [0.2, 0.25) is 0 Å². The lowest BCUT2D eigenvalue weighted by Crippen LogP contribution is -2.20. The zero-order valence-corrected chi connectivity index (χ0v) is 13.2. The first kappa shape index (κ1) is 14.9. The highest BCUT2D eigenvalue weighted by Crippen LogP contribution is 2.49. The SMILES string of the molecule is O=C(CC1CC2CCC1C2)Nc1ccc(S(=O)(=O)Cl)cc1. The monoisotopic (exact) mass is 327 g/mol. The first-order valence-corrected chi connectivity index (χ1v) is 9.57. The molecule has 1 N–H and O–H groups in total. The molecule has 2 bridgehead atoms. The van der Waals surface area contributed by atoms with E-state index in [1.54, 1.807) is 12.1 Å². The number of nitrogens with one attached hydrogen (secondary N) is 1. The van der Waals surface area contributed by atoms with Crippen molar-refractivity contribution >= 4 is 31.3 Å². The number of anilines is 1. The summed E-state index contributed by atoms with van der Waals surface area (Å²) in [7, 11) is 1.54. The van der Waals surface area contributed by atoms with Crippen molar-refractivity contribution in [2.24, 2.45) is 17.8 Å². The molecule has 3 atom stereocenters. The van der Waals surface area contributed by atoms with Crippen LogP contribution in [-0.4, -0.2) is 14.3 Å². The Labute approximate surface area is 129 Å². The molecule has 114 valence electrons. The smallest absolute Gasteiger partial charge is 0.261 e. The molecule has 2 aliphatic rings. The molecule has 2 fully saturated rings. The first-order valence-electron chi connectivity index (χ1n) is 7.26. The average Bonchev–Trinajstić information content (AvgIpc) is 3.00. The Hall–Kier alpha value is -1.07. The molecule has 0 saturated heterocycles. The summed E-state index contributed by atoms with van der Waals surface area (Å²) in [4.78, 5) is 12.1. The molecular formula is C15H18ClNO3S. The highest BCUT2D eigenvalue weighted by molar-refractivity contribution is 8.13. The minimum atomic E-state index is -3.71. The summed E-state index contributed by atoms with van der Waals surface area (Å²) in [5.41, 5.74) is 0.604. The van der Waals surface area contributed by atoms with Crippen LogP contribution in [0.3, 0.4) is 0 Å². The molecule has 4 nitrogen and oxygen atoms in total. The molecule has 3 unspecified atom stereocenters. The van der Waals surface area contributed by atoms with Crippen molar-refractivity contribution in [1.82, 2.24) is 0 Å². The summed E-state index contributed by atoms with van der Waals surface area (Å²) in [5, 5.41) is 2.83. The average molecular weight is 328 g/mol. The summed E-state index contributed by atoms with van der Waals surface area (Å²) in [6.45, 7) is 0. The van der Waals surface area contributed by atoms with E-state index in [1.807, 2.05) is 0 Å². The number of benzene rings is 1. The van der Waals surface area contributed by atoms with Crippen molar-refractivity contribution in [2.75, 3.05) is 5.32 Å². The fraction of sp³-hybridized carbons (Fsp3) is 0.533. The topological polar surface area (TPSA) is 63.2 Å². The Balaban J connectivity index is 1.57. The third-order valence-electron chi connectivity index (χ3n) is 4.75. The van der Waals surface area contributed by atoms with Crippen molar-refractivity contribution in [3.63, 3.8) is 0 Å². The normalized spacial score (nSPS) is 27.8. The highest BCUT2D eigenvalue weighted by Gasteiger charge is 2.40. The second-order valence-electron chi connectivity index (χ2n) is 6.15. The van der Waals surface area contributed by atoms with Crippen LogP contribution in [0.25, 0.3) is 0 Å². The summed E-state index contributed by atoms with van der Waals surface area (Å²) >= 11 is 0. The lowest BCUT2D eigenvalue weighted by Gasteiger charge is -2.20. The number of carbonyl (C=O) groups is 1. The van der Waals surface area contributed by atoms with Crippen LogP contribution in [0.4, 0.5) is 5.69 Å². The largest absolute Gasteiger partial charge is 0.326 e. The number of amides is 1. The number of hydrogen-bond donors (Lipinski definition) is 1. The lowest BCUT2D eigenvalue weighted by molar-refractivity contribution is -0.117. The van der Waals surface area contributed by atoms with Crippen molar-refractivity contribution in [3.8, 4) is 0 Å². The summed E-state index contributed by atoms with van der Waals surface area (Å²) < 4.78 is 22.3. The maximum Gasteiger partial charge on any atom is 0.261 e. The molecule has 0 aliphatic heterocycles. The molecular weight excluding hydrogens is 310 g/mol. The van der Waals surface area contributed by atoms with Gasteiger partial charge in [0.05, 0.1) is 4.90 Å². The maximum absolute atomic E-state index is 12.1. The van der Waals surface area contributed by atoms with Gasteiger partial charge in [-0.3, -0.25) is 4.79 Å². The van der Waals surface area contributed by atoms with Gasteiger partial charge < -0.3 is 5.32 Å². The van der Waals surface area contributed by atoms with E-state index in [2.05, 4.69) is 5.32 Å². The zero-order chi connectivity index (χ0) is 15.0. The van der Waals surface area contributed by atoms with Gasteiger partial charge in [-0.2, -0.15) is 0 Å². The molecule has 0 radical (unpaired) electrons. The van der Waals surface area contributed by atoms with E-state index in [0.717, 1.165) is 11.8 Å². The van der Waals surface area contributed by atoms with Crippen LogP contribution in [0, 0.1) is 17.8 Å². The summed E-state index contributed by atoms with van der Waals surface area (Å²) in [5.74, 6) is 2.09. The van der Waals surface area contributed by atoms with Gasteiger partial charge in [0.1, 0.15) is 0 Å². The van der Waals surface area contributed by atoms with Gasteiger partial charge in [0, 0.05) is 22.8 Å². The van der Waals surface area contributed by atoms with Gasteiger partial charge in [-0.1, -0.05) is 6.42 Å². The van der Waals surface area contributed by atoms with Crippen LogP contribution in [0.15, 0.2) is 29.2 Å². The Morgan fingerprint density at radius 3 is 2.43 bits per heavy atom. The van der Waals surface area contributed by atoms with Crippen LogP contribution in [-0.2, 0) is 13.8 Å². The van der Waals surface area contributed by atoms with Crippen LogP contribution in [0.5, 0.6) is 0 Å². The van der Waals surface area contributed by atoms with E-state index in [1.165, 1.54) is 37.8 Å². The number of halogens is 1. The Bertz CT molecular complexity index is 641. The van der Waals surface area contributed by atoms with Gasteiger partial charge in [0.15, 0.2) is 0 Å². The molecule has 1 amide bonds. The van der Waals surface area contributed by atoms with E-state index in [4.69, 9.17) is 10.7 Å². The molecule has 0 spiro atoms. The zero-order valence-electron chi connectivity index (χ0n) is 11.6. The quantitative estimate of drug-likeness (QED) is 0.862. The van der Waals surface area contributed by atoms with E-state index >= 15 is 0 Å². The van der Waals surface area contributed by atoms with E-state index < -0.39 is 9.05 Å². The van der Waals surface area contributed by atoms with Crippen molar-refractivity contribution in [1.29, 1.82) is 0 Å². The molecule has 6 heteroatoms. The third kappa shape index (κ3) is 3.40. The Kier molecular flexibility index (Phi) is 3.97. The number of carbonyl (C=O) groups excluding carboxylic acids is 1. The van der Waals surface area contributed by atoms with E-state index in [-0.39, 0.29) is 10.8 Å². The molecule has 21 heavy (non-hydrogen) atoms. The van der Waals surface area contributed by atoms with Crippen molar-refractivity contribution < 1.29 is 13.2 Å². The first-order chi connectivity index (χ1) is 9.91. The van der Waals surface area contributed by atoms with Crippen LogP contribution >= 0.6 is 10.7 Å². The predicted molar refractivity (Wildman–Crippen MR) is 81.7 cm³/mol. The van der Waals surface area contributed by atoms with Gasteiger partial charge in [-0.15, -0.1) is 0 Å². The van der Waals surface area contributed by atoms with Gasteiger partial charge in [-0.05, 0) is 61.3 Å². The fourth-order valence-electron chi connectivity index (χ4n) is 3.78. The third-order valence-corrected chi connectivity index (χ3v) is 6.12. The second-order valence-corrected chi connectivity index (χ2v) is 8.72. The number of fused-ring (bicyclic) bond motifs is 2. The van der Waals surface area contributed by atoms with E-state index in [9.17, 15) is 13.2 Å². The van der Waals surface area contributed by atoms with Crippen LogP contribution in [0.1, 0.15) is 32.1 Å². The van der Waals surface area contributed by atoms with Crippen molar-refractivity contribution in [2.45, 2.75) is 37.0 Å². The molecule has 2 saturated carbocycles. The maximum atomic E-state index is 12.1. The van der Waals surface area contributed by atoms with Gasteiger partial charge in [0.2, 0.25) is 5.91 Å². The molecule has 3 rings (SSSR count). The van der Waals surface area contributed by atoms with Crippen LogP contribution < -0.4 is 5.32 Å². The highest BCUT2D eigenvalue weighted by atomic mass is 35.7. The molecule has 1 aromatic rings. The standard InChI is InChI=1S/C15H18ClNO3S/c16-21(19,20)14-5-3-13(4-6-14)17-15(18)9-12-8-10-1-2-11(12)7-10/h3-6,10-12H,1-2,7-9H2,(H,17,18). The second kappa shape index (κ2) is 5.61. The molecule has 0 aromatic heterocycles.